The van der Waals surface area contributed by atoms with E-state index in [4.69, 9.17) is 0 Å². The zero-order valence-electron chi connectivity index (χ0n) is 9.47. The van der Waals surface area contributed by atoms with Crippen molar-refractivity contribution in [2.45, 2.75) is 52.1 Å². The maximum atomic E-state index is 11.5. The van der Waals surface area contributed by atoms with Gasteiger partial charge in [0.05, 0.1) is 6.04 Å². The summed E-state index contributed by atoms with van der Waals surface area (Å²) >= 11 is 0. The minimum atomic E-state index is -0.0327. The van der Waals surface area contributed by atoms with Gasteiger partial charge in [-0.1, -0.05) is 13.8 Å². The Morgan fingerprint density at radius 1 is 1.36 bits per heavy atom. The van der Waals surface area contributed by atoms with Gasteiger partial charge in [0.2, 0.25) is 5.91 Å². The monoisotopic (exact) mass is 198 g/mol. The second-order valence-corrected chi connectivity index (χ2v) is 4.64. The average Bonchev–Trinajstić information content (AvgIpc) is 2.87. The predicted molar refractivity (Wildman–Crippen MR) is 58.1 cm³/mol. The Hall–Kier alpha value is -0.570. The molecule has 0 aromatic heterocycles. The molecule has 1 atom stereocenters. The smallest absolute Gasteiger partial charge is 0.236 e. The standard InChI is InChI=1S/C11H22N2O/c1-8(2)6-7-12-11(14)9(3)13-10-4-5-10/h8-10,13H,4-7H2,1-3H3,(H,12,14). The molecule has 0 saturated heterocycles. The summed E-state index contributed by atoms with van der Waals surface area (Å²) in [4.78, 5) is 11.5. The van der Waals surface area contributed by atoms with E-state index in [0.717, 1.165) is 13.0 Å². The fourth-order valence-electron chi connectivity index (χ4n) is 1.32. The Balaban J connectivity index is 2.06. The molecule has 1 saturated carbocycles. The van der Waals surface area contributed by atoms with E-state index in [1.165, 1.54) is 12.8 Å². The molecule has 1 rings (SSSR count). The molecular formula is C11H22N2O. The van der Waals surface area contributed by atoms with E-state index in [2.05, 4.69) is 24.5 Å². The number of carbonyl (C=O) groups is 1. The van der Waals surface area contributed by atoms with E-state index in [1.54, 1.807) is 0 Å². The Morgan fingerprint density at radius 2 is 2.00 bits per heavy atom. The molecule has 14 heavy (non-hydrogen) atoms. The molecule has 3 nitrogen and oxygen atoms in total. The van der Waals surface area contributed by atoms with Crippen LogP contribution < -0.4 is 10.6 Å². The van der Waals surface area contributed by atoms with Gasteiger partial charge in [-0.15, -0.1) is 0 Å². The summed E-state index contributed by atoms with van der Waals surface area (Å²) in [6.07, 6.45) is 3.51. The average molecular weight is 198 g/mol. The molecule has 1 unspecified atom stereocenters. The number of rotatable bonds is 6. The van der Waals surface area contributed by atoms with E-state index in [0.29, 0.717) is 12.0 Å². The van der Waals surface area contributed by atoms with Crippen molar-refractivity contribution in [2.24, 2.45) is 5.92 Å². The lowest BCUT2D eigenvalue weighted by Crippen LogP contribution is -2.43. The zero-order chi connectivity index (χ0) is 10.6. The Morgan fingerprint density at radius 3 is 2.50 bits per heavy atom. The van der Waals surface area contributed by atoms with Crippen molar-refractivity contribution in [3.8, 4) is 0 Å². The molecule has 82 valence electrons. The van der Waals surface area contributed by atoms with Crippen LogP contribution in [0.2, 0.25) is 0 Å². The number of nitrogens with one attached hydrogen (secondary N) is 2. The van der Waals surface area contributed by atoms with Gasteiger partial charge in [-0.3, -0.25) is 4.79 Å². The maximum absolute atomic E-state index is 11.5. The molecule has 1 amide bonds. The normalized spacial score (nSPS) is 18.3. The predicted octanol–water partition coefficient (Wildman–Crippen LogP) is 1.29. The molecule has 0 aromatic rings. The minimum Gasteiger partial charge on any atom is -0.355 e. The number of amides is 1. The van der Waals surface area contributed by atoms with Crippen LogP contribution in [0.1, 0.15) is 40.0 Å². The molecule has 1 fully saturated rings. The van der Waals surface area contributed by atoms with Gasteiger partial charge in [-0.05, 0) is 32.1 Å². The highest BCUT2D eigenvalue weighted by molar-refractivity contribution is 5.81. The molecule has 2 N–H and O–H groups in total. The first-order chi connectivity index (χ1) is 6.59. The van der Waals surface area contributed by atoms with Gasteiger partial charge in [0.15, 0.2) is 0 Å². The zero-order valence-corrected chi connectivity index (χ0v) is 9.47. The van der Waals surface area contributed by atoms with E-state index in [9.17, 15) is 4.79 Å². The number of hydrogen-bond acceptors (Lipinski definition) is 2. The van der Waals surface area contributed by atoms with Crippen LogP contribution >= 0.6 is 0 Å². The van der Waals surface area contributed by atoms with Gasteiger partial charge >= 0.3 is 0 Å². The quantitative estimate of drug-likeness (QED) is 0.675. The number of carbonyl (C=O) groups excluding carboxylic acids is 1. The molecule has 0 heterocycles. The summed E-state index contributed by atoms with van der Waals surface area (Å²) in [5.74, 6) is 0.791. The van der Waals surface area contributed by atoms with Crippen molar-refractivity contribution >= 4 is 5.91 Å². The molecule has 1 aliphatic rings. The molecule has 0 aliphatic heterocycles. The summed E-state index contributed by atoms with van der Waals surface area (Å²) in [5, 5.41) is 6.23. The largest absolute Gasteiger partial charge is 0.355 e. The Bertz CT molecular complexity index is 188. The second-order valence-electron chi connectivity index (χ2n) is 4.64. The fourth-order valence-corrected chi connectivity index (χ4v) is 1.32. The van der Waals surface area contributed by atoms with Crippen LogP contribution in [0, 0.1) is 5.92 Å². The van der Waals surface area contributed by atoms with Gasteiger partial charge in [0, 0.05) is 12.6 Å². The van der Waals surface area contributed by atoms with Crippen molar-refractivity contribution < 1.29 is 4.79 Å². The van der Waals surface area contributed by atoms with E-state index in [1.807, 2.05) is 6.92 Å². The first kappa shape index (κ1) is 11.5. The lowest BCUT2D eigenvalue weighted by molar-refractivity contribution is -0.122. The van der Waals surface area contributed by atoms with Crippen LogP contribution in [0.25, 0.3) is 0 Å². The molecule has 3 heteroatoms. The van der Waals surface area contributed by atoms with Gasteiger partial charge < -0.3 is 10.6 Å². The minimum absolute atomic E-state index is 0.0327. The first-order valence-corrected chi connectivity index (χ1v) is 5.63. The van der Waals surface area contributed by atoms with Crippen LogP contribution in [-0.2, 0) is 4.79 Å². The van der Waals surface area contributed by atoms with Gasteiger partial charge in [-0.2, -0.15) is 0 Å². The second kappa shape index (κ2) is 5.35. The van der Waals surface area contributed by atoms with Crippen molar-refractivity contribution in [3.63, 3.8) is 0 Å². The van der Waals surface area contributed by atoms with Crippen molar-refractivity contribution in [2.75, 3.05) is 6.54 Å². The van der Waals surface area contributed by atoms with Crippen molar-refractivity contribution in [1.82, 2.24) is 10.6 Å². The van der Waals surface area contributed by atoms with E-state index in [-0.39, 0.29) is 11.9 Å². The van der Waals surface area contributed by atoms with Crippen LogP contribution in [0.15, 0.2) is 0 Å². The first-order valence-electron chi connectivity index (χ1n) is 5.63. The lowest BCUT2D eigenvalue weighted by atomic mass is 10.1. The fraction of sp³-hybridized carbons (Fsp3) is 0.909. The highest BCUT2D eigenvalue weighted by Gasteiger charge is 2.25. The third-order valence-electron chi connectivity index (χ3n) is 2.48. The van der Waals surface area contributed by atoms with Crippen LogP contribution in [0.4, 0.5) is 0 Å². The number of hydrogen-bond donors (Lipinski definition) is 2. The Labute approximate surface area is 86.6 Å². The van der Waals surface area contributed by atoms with Gasteiger partial charge in [0.25, 0.3) is 0 Å². The van der Waals surface area contributed by atoms with Crippen LogP contribution in [0.3, 0.4) is 0 Å². The van der Waals surface area contributed by atoms with E-state index >= 15 is 0 Å². The molecule has 0 bridgehead atoms. The molecule has 0 aromatic carbocycles. The highest BCUT2D eigenvalue weighted by Crippen LogP contribution is 2.19. The summed E-state index contributed by atoms with van der Waals surface area (Å²) in [5.41, 5.74) is 0. The molecule has 0 radical (unpaired) electrons. The van der Waals surface area contributed by atoms with Gasteiger partial charge in [-0.25, -0.2) is 0 Å². The highest BCUT2D eigenvalue weighted by atomic mass is 16.2. The molecule has 0 spiro atoms. The summed E-state index contributed by atoms with van der Waals surface area (Å²) < 4.78 is 0. The maximum Gasteiger partial charge on any atom is 0.236 e. The topological polar surface area (TPSA) is 41.1 Å². The van der Waals surface area contributed by atoms with Crippen molar-refractivity contribution in [1.29, 1.82) is 0 Å². The summed E-state index contributed by atoms with van der Waals surface area (Å²) in [6, 6.07) is 0.565. The molecular weight excluding hydrogens is 176 g/mol. The van der Waals surface area contributed by atoms with E-state index < -0.39 is 0 Å². The SMILES string of the molecule is CC(C)CCNC(=O)C(C)NC1CC1. The van der Waals surface area contributed by atoms with Crippen LogP contribution in [0.5, 0.6) is 0 Å². The third kappa shape index (κ3) is 4.61. The summed E-state index contributed by atoms with van der Waals surface area (Å²) in [6.45, 7) is 7.06. The van der Waals surface area contributed by atoms with Crippen LogP contribution in [-0.4, -0.2) is 24.5 Å². The third-order valence-corrected chi connectivity index (χ3v) is 2.48. The molecule has 1 aliphatic carbocycles. The van der Waals surface area contributed by atoms with Gasteiger partial charge in [0.1, 0.15) is 0 Å². The lowest BCUT2D eigenvalue weighted by Gasteiger charge is -2.13. The Kier molecular flexibility index (Phi) is 4.39. The summed E-state index contributed by atoms with van der Waals surface area (Å²) in [7, 11) is 0. The van der Waals surface area contributed by atoms with Crippen molar-refractivity contribution in [3.05, 3.63) is 0 Å².